The van der Waals surface area contributed by atoms with Crippen LogP contribution in [0.3, 0.4) is 0 Å². The Morgan fingerprint density at radius 2 is 2.10 bits per heavy atom. The van der Waals surface area contributed by atoms with Crippen molar-refractivity contribution in [2.75, 3.05) is 24.4 Å². The van der Waals surface area contributed by atoms with Crippen LogP contribution in [0.2, 0.25) is 0 Å². The van der Waals surface area contributed by atoms with E-state index in [4.69, 9.17) is 4.74 Å². The van der Waals surface area contributed by atoms with E-state index in [-0.39, 0.29) is 29.4 Å². The monoisotopic (exact) mass is 295 g/mol. The van der Waals surface area contributed by atoms with Gasteiger partial charge in [-0.1, -0.05) is 12.8 Å². The van der Waals surface area contributed by atoms with Crippen molar-refractivity contribution in [3.63, 3.8) is 0 Å². The van der Waals surface area contributed by atoms with Gasteiger partial charge in [0.15, 0.2) is 0 Å². The first-order valence-electron chi connectivity index (χ1n) is 7.13. The molecule has 0 aliphatic heterocycles. The van der Waals surface area contributed by atoms with Crippen LogP contribution in [0.5, 0.6) is 0 Å². The van der Waals surface area contributed by atoms with Gasteiger partial charge in [0, 0.05) is 19.2 Å². The third-order valence-corrected chi connectivity index (χ3v) is 3.50. The van der Waals surface area contributed by atoms with Gasteiger partial charge in [-0.3, -0.25) is 10.1 Å². The summed E-state index contributed by atoms with van der Waals surface area (Å²) in [6, 6.07) is 0.172. The molecule has 1 aromatic heterocycles. The van der Waals surface area contributed by atoms with Crippen molar-refractivity contribution in [1.82, 2.24) is 9.97 Å². The molecule has 1 aliphatic rings. The lowest BCUT2D eigenvalue weighted by molar-refractivity contribution is -0.383. The first-order chi connectivity index (χ1) is 10.1. The number of nitrogens with one attached hydrogen (secondary N) is 2. The smallest absolute Gasteiger partial charge is 0.353 e. The zero-order chi connectivity index (χ0) is 15.2. The van der Waals surface area contributed by atoms with Gasteiger partial charge in [0.2, 0.25) is 11.6 Å². The second kappa shape index (κ2) is 7.16. The average Bonchev–Trinajstić information content (AvgIpc) is 2.91. The molecule has 1 atom stereocenters. The number of hydrogen-bond donors (Lipinski definition) is 2. The van der Waals surface area contributed by atoms with E-state index in [0.717, 1.165) is 25.7 Å². The summed E-state index contributed by atoms with van der Waals surface area (Å²) in [4.78, 5) is 19.0. The second-order valence-electron chi connectivity index (χ2n) is 5.30. The lowest BCUT2D eigenvalue weighted by Gasteiger charge is -2.16. The molecule has 0 amide bonds. The van der Waals surface area contributed by atoms with Crippen LogP contribution >= 0.6 is 0 Å². The Labute approximate surface area is 123 Å². The predicted molar refractivity (Wildman–Crippen MR) is 79.5 cm³/mol. The van der Waals surface area contributed by atoms with Crippen LogP contribution in [0.15, 0.2) is 6.33 Å². The number of methoxy groups -OCH3 is 1. The van der Waals surface area contributed by atoms with Crippen molar-refractivity contribution in [2.24, 2.45) is 0 Å². The Balaban J connectivity index is 2.21. The highest BCUT2D eigenvalue weighted by molar-refractivity contribution is 5.69. The summed E-state index contributed by atoms with van der Waals surface area (Å²) in [5.74, 6) is 0.508. The lowest BCUT2D eigenvalue weighted by atomic mass is 10.2. The van der Waals surface area contributed by atoms with E-state index in [0.29, 0.717) is 6.61 Å². The highest BCUT2D eigenvalue weighted by atomic mass is 16.6. The van der Waals surface area contributed by atoms with E-state index in [1.165, 1.54) is 6.33 Å². The number of nitrogens with zero attached hydrogens (tertiary/aromatic N) is 3. The van der Waals surface area contributed by atoms with Gasteiger partial charge in [-0.05, 0) is 19.8 Å². The van der Waals surface area contributed by atoms with Crippen molar-refractivity contribution in [3.8, 4) is 0 Å². The molecular formula is C13H21N5O3. The van der Waals surface area contributed by atoms with Gasteiger partial charge in [-0.15, -0.1) is 0 Å². The van der Waals surface area contributed by atoms with E-state index in [2.05, 4.69) is 20.6 Å². The zero-order valence-corrected chi connectivity index (χ0v) is 12.3. The van der Waals surface area contributed by atoms with Gasteiger partial charge in [0.25, 0.3) is 0 Å². The minimum absolute atomic E-state index is 0.0806. The van der Waals surface area contributed by atoms with Crippen molar-refractivity contribution in [1.29, 1.82) is 0 Å². The van der Waals surface area contributed by atoms with Crippen molar-refractivity contribution in [2.45, 2.75) is 44.7 Å². The number of nitro groups is 1. The molecule has 116 valence electrons. The van der Waals surface area contributed by atoms with Crippen LogP contribution in [-0.4, -0.2) is 40.7 Å². The van der Waals surface area contributed by atoms with E-state index in [1.807, 2.05) is 6.92 Å². The molecule has 2 N–H and O–H groups in total. The highest BCUT2D eigenvalue weighted by Gasteiger charge is 2.26. The Morgan fingerprint density at radius 3 is 2.71 bits per heavy atom. The maximum absolute atomic E-state index is 11.4. The molecule has 0 aromatic carbocycles. The minimum Gasteiger partial charge on any atom is -0.383 e. The van der Waals surface area contributed by atoms with Crippen molar-refractivity contribution in [3.05, 3.63) is 16.4 Å². The summed E-state index contributed by atoms with van der Waals surface area (Å²) < 4.78 is 5.02. The Hall–Kier alpha value is -1.96. The predicted octanol–water partition coefficient (Wildman–Crippen LogP) is 2.19. The minimum atomic E-state index is -0.445. The Kier molecular flexibility index (Phi) is 5.26. The van der Waals surface area contributed by atoms with E-state index in [9.17, 15) is 10.1 Å². The largest absolute Gasteiger partial charge is 0.383 e. The molecular weight excluding hydrogens is 274 g/mol. The number of ether oxygens (including phenoxy) is 1. The Bertz CT molecular complexity index is 491. The molecule has 8 nitrogen and oxygen atoms in total. The first-order valence-corrected chi connectivity index (χ1v) is 7.13. The van der Waals surface area contributed by atoms with Crippen LogP contribution in [0, 0.1) is 10.1 Å². The summed E-state index contributed by atoms with van der Waals surface area (Å²) in [7, 11) is 1.58. The van der Waals surface area contributed by atoms with Crippen molar-refractivity contribution >= 4 is 17.3 Å². The molecule has 0 radical (unpaired) electrons. The summed E-state index contributed by atoms with van der Waals surface area (Å²) >= 11 is 0. The van der Waals surface area contributed by atoms with E-state index >= 15 is 0 Å². The third kappa shape index (κ3) is 4.01. The summed E-state index contributed by atoms with van der Waals surface area (Å²) in [5.41, 5.74) is -0.104. The molecule has 1 heterocycles. The van der Waals surface area contributed by atoms with Gasteiger partial charge in [0.05, 0.1) is 11.5 Å². The molecule has 0 spiro atoms. The van der Waals surface area contributed by atoms with Crippen LogP contribution in [0.25, 0.3) is 0 Å². The van der Waals surface area contributed by atoms with Crippen LogP contribution in [0.4, 0.5) is 17.3 Å². The number of aromatic nitrogens is 2. The second-order valence-corrected chi connectivity index (χ2v) is 5.30. The standard InChI is InChI=1S/C13H21N5O3/c1-9(7-21-2)16-12-11(18(19)20)13(15-8-14-12)17-10-5-3-4-6-10/h8-10H,3-7H2,1-2H3,(H2,14,15,16,17). The van der Waals surface area contributed by atoms with E-state index in [1.54, 1.807) is 7.11 Å². The van der Waals surface area contributed by atoms with E-state index < -0.39 is 4.92 Å². The summed E-state index contributed by atoms with van der Waals surface area (Å²) in [6.45, 7) is 2.31. The number of hydrogen-bond acceptors (Lipinski definition) is 7. The highest BCUT2D eigenvalue weighted by Crippen LogP contribution is 2.31. The van der Waals surface area contributed by atoms with Gasteiger partial charge in [-0.25, -0.2) is 9.97 Å². The topological polar surface area (TPSA) is 102 Å². The summed E-state index contributed by atoms with van der Waals surface area (Å²) in [6.07, 6.45) is 5.67. The first kappa shape index (κ1) is 15.4. The third-order valence-electron chi connectivity index (χ3n) is 3.50. The molecule has 8 heteroatoms. The number of anilines is 2. The fourth-order valence-electron chi connectivity index (χ4n) is 2.55. The fraction of sp³-hybridized carbons (Fsp3) is 0.692. The van der Waals surface area contributed by atoms with Crippen LogP contribution in [0.1, 0.15) is 32.6 Å². The van der Waals surface area contributed by atoms with Gasteiger partial charge in [0.1, 0.15) is 6.33 Å². The van der Waals surface area contributed by atoms with Crippen molar-refractivity contribution < 1.29 is 9.66 Å². The normalized spacial score (nSPS) is 16.7. The zero-order valence-electron chi connectivity index (χ0n) is 12.3. The molecule has 21 heavy (non-hydrogen) atoms. The van der Waals surface area contributed by atoms with Gasteiger partial charge in [-0.2, -0.15) is 0 Å². The fourth-order valence-corrected chi connectivity index (χ4v) is 2.55. The quantitative estimate of drug-likeness (QED) is 0.587. The number of rotatable bonds is 7. The molecule has 1 unspecified atom stereocenters. The van der Waals surface area contributed by atoms with Gasteiger partial charge >= 0.3 is 5.69 Å². The summed E-state index contributed by atoms with van der Waals surface area (Å²) in [5, 5.41) is 17.5. The molecule has 2 rings (SSSR count). The maximum Gasteiger partial charge on any atom is 0.353 e. The van der Waals surface area contributed by atoms with Crippen LogP contribution in [-0.2, 0) is 4.74 Å². The van der Waals surface area contributed by atoms with Crippen LogP contribution < -0.4 is 10.6 Å². The molecule has 1 saturated carbocycles. The maximum atomic E-state index is 11.4. The molecule has 0 saturated heterocycles. The van der Waals surface area contributed by atoms with Gasteiger partial charge < -0.3 is 15.4 Å². The molecule has 0 bridgehead atoms. The molecule has 1 fully saturated rings. The molecule has 1 aliphatic carbocycles. The lowest BCUT2D eigenvalue weighted by Crippen LogP contribution is -2.23. The molecule has 1 aromatic rings. The SMILES string of the molecule is COCC(C)Nc1ncnc(NC2CCCC2)c1[N+](=O)[O-]. The average molecular weight is 295 g/mol. The Morgan fingerprint density at radius 1 is 1.43 bits per heavy atom.